The molecular formula is C21H26O3. The monoisotopic (exact) mass is 326 g/mol. The van der Waals surface area contributed by atoms with E-state index in [1.165, 1.54) is 11.1 Å². The van der Waals surface area contributed by atoms with Gasteiger partial charge in [-0.1, -0.05) is 51.5 Å². The van der Waals surface area contributed by atoms with E-state index in [-0.39, 0.29) is 11.4 Å². The third kappa shape index (κ3) is 4.38. The van der Waals surface area contributed by atoms with Crippen LogP contribution < -0.4 is 9.47 Å². The topological polar surface area (TPSA) is 35.5 Å². The van der Waals surface area contributed by atoms with Crippen molar-refractivity contribution in [3.05, 3.63) is 59.7 Å². The molecule has 0 atom stereocenters. The van der Waals surface area contributed by atoms with E-state index >= 15 is 0 Å². The first-order valence-corrected chi connectivity index (χ1v) is 8.43. The summed E-state index contributed by atoms with van der Waals surface area (Å²) >= 11 is 0. The van der Waals surface area contributed by atoms with Crippen molar-refractivity contribution in [1.29, 1.82) is 0 Å². The Morgan fingerprint density at radius 1 is 0.917 bits per heavy atom. The van der Waals surface area contributed by atoms with E-state index in [9.17, 15) is 4.79 Å². The fraction of sp³-hybridized carbons (Fsp3) is 0.381. The van der Waals surface area contributed by atoms with Gasteiger partial charge in [-0.05, 0) is 41.8 Å². The standard InChI is InChI=1S/C21H26O3/c1-5-6-7-20(22)24-19-14-10-17(11-15-19)21(2,3)16-8-12-18(23-4)13-9-16/h8-15H,5-7H2,1-4H3. The largest absolute Gasteiger partial charge is 0.497 e. The molecule has 2 aromatic carbocycles. The maximum Gasteiger partial charge on any atom is 0.311 e. The van der Waals surface area contributed by atoms with Gasteiger partial charge < -0.3 is 9.47 Å². The highest BCUT2D eigenvalue weighted by Gasteiger charge is 2.23. The molecule has 0 aliphatic heterocycles. The summed E-state index contributed by atoms with van der Waals surface area (Å²) in [5.74, 6) is 1.29. The van der Waals surface area contributed by atoms with Crippen molar-refractivity contribution in [2.75, 3.05) is 7.11 Å². The number of unbranched alkanes of at least 4 members (excludes halogenated alkanes) is 1. The van der Waals surface area contributed by atoms with E-state index in [0.717, 1.165) is 18.6 Å². The fourth-order valence-corrected chi connectivity index (χ4v) is 2.62. The molecular weight excluding hydrogens is 300 g/mol. The van der Waals surface area contributed by atoms with E-state index in [0.29, 0.717) is 12.2 Å². The van der Waals surface area contributed by atoms with Crippen molar-refractivity contribution in [2.45, 2.75) is 45.4 Å². The lowest BCUT2D eigenvalue weighted by atomic mass is 9.78. The predicted molar refractivity (Wildman–Crippen MR) is 96.7 cm³/mol. The van der Waals surface area contributed by atoms with Crippen LogP contribution in [0.4, 0.5) is 0 Å². The molecule has 0 fully saturated rings. The van der Waals surface area contributed by atoms with Crippen molar-refractivity contribution >= 4 is 5.97 Å². The molecule has 2 aromatic rings. The van der Waals surface area contributed by atoms with Crippen LogP contribution in [0.5, 0.6) is 11.5 Å². The Bertz CT molecular complexity index is 654. The molecule has 0 bridgehead atoms. The molecule has 0 amide bonds. The lowest BCUT2D eigenvalue weighted by Gasteiger charge is -2.26. The fourth-order valence-electron chi connectivity index (χ4n) is 2.62. The Morgan fingerprint density at radius 2 is 1.42 bits per heavy atom. The quantitative estimate of drug-likeness (QED) is 0.523. The molecule has 3 nitrogen and oxygen atoms in total. The second kappa shape index (κ2) is 8.00. The Hall–Kier alpha value is -2.29. The zero-order chi connectivity index (χ0) is 17.6. The van der Waals surface area contributed by atoms with E-state index in [1.807, 2.05) is 36.4 Å². The minimum absolute atomic E-state index is 0.142. The van der Waals surface area contributed by atoms with Crippen LogP contribution in [-0.2, 0) is 10.2 Å². The number of methoxy groups -OCH3 is 1. The van der Waals surface area contributed by atoms with Crippen molar-refractivity contribution in [1.82, 2.24) is 0 Å². The Kier molecular flexibility index (Phi) is 6.02. The molecule has 0 saturated carbocycles. The summed E-state index contributed by atoms with van der Waals surface area (Å²) in [5.41, 5.74) is 2.23. The van der Waals surface area contributed by atoms with Gasteiger partial charge in [0.2, 0.25) is 0 Å². The predicted octanol–water partition coefficient (Wildman–Crippen LogP) is 5.12. The molecule has 0 saturated heterocycles. The van der Waals surface area contributed by atoms with E-state index in [4.69, 9.17) is 9.47 Å². The second-order valence-electron chi connectivity index (χ2n) is 6.46. The molecule has 24 heavy (non-hydrogen) atoms. The SMILES string of the molecule is CCCCC(=O)Oc1ccc(C(C)(C)c2ccc(OC)cc2)cc1. The molecule has 0 unspecified atom stereocenters. The van der Waals surface area contributed by atoms with Gasteiger partial charge in [0.1, 0.15) is 11.5 Å². The maximum atomic E-state index is 11.7. The van der Waals surface area contributed by atoms with Crippen LogP contribution in [-0.4, -0.2) is 13.1 Å². The lowest BCUT2D eigenvalue weighted by molar-refractivity contribution is -0.134. The summed E-state index contributed by atoms with van der Waals surface area (Å²) in [6.45, 7) is 6.41. The maximum absolute atomic E-state index is 11.7. The summed E-state index contributed by atoms with van der Waals surface area (Å²) in [6.07, 6.45) is 2.32. The van der Waals surface area contributed by atoms with Crippen LogP contribution in [0.2, 0.25) is 0 Å². The third-order valence-electron chi connectivity index (χ3n) is 4.35. The Balaban J connectivity index is 2.11. The van der Waals surface area contributed by atoms with E-state index in [1.54, 1.807) is 7.11 Å². The summed E-state index contributed by atoms with van der Waals surface area (Å²) in [7, 11) is 1.67. The van der Waals surface area contributed by atoms with Gasteiger partial charge in [0.05, 0.1) is 7.11 Å². The normalized spacial score (nSPS) is 11.2. The molecule has 0 spiro atoms. The highest BCUT2D eigenvalue weighted by molar-refractivity contribution is 5.72. The molecule has 0 heterocycles. The molecule has 0 aliphatic carbocycles. The van der Waals surface area contributed by atoms with Crippen LogP contribution >= 0.6 is 0 Å². The first kappa shape index (κ1) is 18.1. The molecule has 2 rings (SSSR count). The van der Waals surface area contributed by atoms with Gasteiger partial charge in [-0.25, -0.2) is 0 Å². The van der Waals surface area contributed by atoms with Crippen LogP contribution in [0.3, 0.4) is 0 Å². The summed E-state index contributed by atoms with van der Waals surface area (Å²) in [5, 5.41) is 0. The lowest BCUT2D eigenvalue weighted by Crippen LogP contribution is -2.18. The Morgan fingerprint density at radius 3 is 1.88 bits per heavy atom. The van der Waals surface area contributed by atoms with Crippen LogP contribution in [0.15, 0.2) is 48.5 Å². The average Bonchev–Trinajstić information content (AvgIpc) is 2.60. The summed E-state index contributed by atoms with van der Waals surface area (Å²) < 4.78 is 10.6. The van der Waals surface area contributed by atoms with Gasteiger partial charge >= 0.3 is 5.97 Å². The van der Waals surface area contributed by atoms with Crippen molar-refractivity contribution < 1.29 is 14.3 Å². The van der Waals surface area contributed by atoms with Crippen molar-refractivity contribution in [2.24, 2.45) is 0 Å². The first-order valence-electron chi connectivity index (χ1n) is 8.43. The van der Waals surface area contributed by atoms with Gasteiger partial charge in [-0.2, -0.15) is 0 Å². The third-order valence-corrected chi connectivity index (χ3v) is 4.35. The molecule has 0 aliphatic rings. The number of hydrogen-bond acceptors (Lipinski definition) is 3. The molecule has 3 heteroatoms. The summed E-state index contributed by atoms with van der Waals surface area (Å²) in [4.78, 5) is 11.7. The first-order chi connectivity index (χ1) is 11.5. The number of hydrogen-bond donors (Lipinski definition) is 0. The molecule has 0 aromatic heterocycles. The minimum atomic E-state index is -0.168. The zero-order valence-corrected chi connectivity index (χ0v) is 15.0. The van der Waals surface area contributed by atoms with Crippen LogP contribution in [0.25, 0.3) is 0 Å². The smallest absolute Gasteiger partial charge is 0.311 e. The Labute approximate surface area is 144 Å². The van der Waals surface area contributed by atoms with Crippen LogP contribution in [0.1, 0.15) is 51.2 Å². The second-order valence-corrected chi connectivity index (χ2v) is 6.46. The van der Waals surface area contributed by atoms with Gasteiger partial charge in [0.25, 0.3) is 0 Å². The van der Waals surface area contributed by atoms with E-state index in [2.05, 4.69) is 32.9 Å². The van der Waals surface area contributed by atoms with Crippen molar-refractivity contribution in [3.63, 3.8) is 0 Å². The van der Waals surface area contributed by atoms with E-state index < -0.39 is 0 Å². The van der Waals surface area contributed by atoms with Crippen molar-refractivity contribution in [3.8, 4) is 11.5 Å². The van der Waals surface area contributed by atoms with Gasteiger partial charge in [0, 0.05) is 11.8 Å². The molecule has 0 radical (unpaired) electrons. The average molecular weight is 326 g/mol. The number of rotatable bonds is 7. The highest BCUT2D eigenvalue weighted by atomic mass is 16.5. The van der Waals surface area contributed by atoms with Gasteiger partial charge in [-0.3, -0.25) is 4.79 Å². The molecule has 0 N–H and O–H groups in total. The van der Waals surface area contributed by atoms with Gasteiger partial charge in [-0.15, -0.1) is 0 Å². The number of ether oxygens (including phenoxy) is 2. The number of esters is 1. The minimum Gasteiger partial charge on any atom is -0.497 e. The highest BCUT2D eigenvalue weighted by Crippen LogP contribution is 2.33. The summed E-state index contributed by atoms with van der Waals surface area (Å²) in [6, 6.07) is 15.9. The molecule has 128 valence electrons. The van der Waals surface area contributed by atoms with Gasteiger partial charge in [0.15, 0.2) is 0 Å². The van der Waals surface area contributed by atoms with Crippen LogP contribution in [0, 0.1) is 0 Å². The number of carbonyl (C=O) groups is 1. The zero-order valence-electron chi connectivity index (χ0n) is 15.0. The number of benzene rings is 2. The number of carbonyl (C=O) groups excluding carboxylic acids is 1.